The van der Waals surface area contributed by atoms with Crippen LogP contribution in [0.3, 0.4) is 0 Å². The molecule has 1 amide bonds. The maximum atomic E-state index is 13.7. The summed E-state index contributed by atoms with van der Waals surface area (Å²) in [5.74, 6) is 2.54. The molecule has 6 heteroatoms. The summed E-state index contributed by atoms with van der Waals surface area (Å²) in [6.07, 6.45) is -1.21. The van der Waals surface area contributed by atoms with E-state index in [4.69, 9.17) is 4.74 Å². The van der Waals surface area contributed by atoms with Crippen LogP contribution in [0.4, 0.5) is 9.18 Å². The predicted molar refractivity (Wildman–Crippen MR) is 104 cm³/mol. The van der Waals surface area contributed by atoms with Crippen molar-refractivity contribution in [1.29, 1.82) is 0 Å². The van der Waals surface area contributed by atoms with Crippen LogP contribution in [0.15, 0.2) is 42.5 Å². The maximum absolute atomic E-state index is 13.7. The van der Waals surface area contributed by atoms with Crippen LogP contribution in [0.25, 0.3) is 0 Å². The second-order valence-electron chi connectivity index (χ2n) is 7.21. The molecule has 2 aliphatic rings. The van der Waals surface area contributed by atoms with Gasteiger partial charge in [0.1, 0.15) is 24.3 Å². The second kappa shape index (κ2) is 9.06. The second-order valence-corrected chi connectivity index (χ2v) is 7.21. The highest BCUT2D eigenvalue weighted by atomic mass is 19.1. The number of nitrogens with one attached hydrogen (secondary N) is 2. The molecule has 1 fully saturated rings. The van der Waals surface area contributed by atoms with Crippen LogP contribution in [-0.2, 0) is 6.61 Å². The zero-order valence-electron chi connectivity index (χ0n) is 16.2. The molecule has 150 valence electrons. The number of carbonyl (C=O) groups is 1. The Bertz CT molecular complexity index is 827. The number of carboxylic acid groups (broad SMARTS) is 1. The molecule has 2 aromatic rings. The normalized spacial score (nSPS) is 21.9. The molecule has 1 saturated heterocycles. The number of amides is 1. The fourth-order valence-electron chi connectivity index (χ4n) is 4.09. The third-order valence-electron chi connectivity index (χ3n) is 5.52. The highest BCUT2D eigenvalue weighted by Gasteiger charge is 2.41. The fraction of sp³-hybridized carbons (Fsp3) is 0.409. The van der Waals surface area contributed by atoms with E-state index in [0.717, 1.165) is 18.8 Å². The number of fused-ring (bicyclic) bond motifs is 3. The molecule has 1 heterocycles. The summed E-state index contributed by atoms with van der Waals surface area (Å²) < 4.78 is 19.5. The molecule has 3 unspecified atom stereocenters. The van der Waals surface area contributed by atoms with Gasteiger partial charge in [0.25, 0.3) is 0 Å². The van der Waals surface area contributed by atoms with Gasteiger partial charge in [-0.3, -0.25) is 0 Å². The average molecular weight is 385 g/mol. The Morgan fingerprint density at radius 1 is 1.25 bits per heavy atom. The monoisotopic (exact) mass is 385 g/mol. The van der Waals surface area contributed by atoms with Gasteiger partial charge in [-0.05, 0) is 54.6 Å². The number of benzene rings is 2. The Morgan fingerprint density at radius 2 is 2.04 bits per heavy atom. The van der Waals surface area contributed by atoms with Gasteiger partial charge >= 0.3 is 0 Å². The minimum Gasteiger partial charge on any atom is -0.530 e. The minimum atomic E-state index is -1.21. The number of hydrogen-bond donors (Lipinski definition) is 2. The molecule has 28 heavy (non-hydrogen) atoms. The van der Waals surface area contributed by atoms with Crippen molar-refractivity contribution in [1.82, 2.24) is 10.6 Å². The largest absolute Gasteiger partial charge is 0.530 e. The van der Waals surface area contributed by atoms with Crippen molar-refractivity contribution in [2.45, 2.75) is 32.3 Å². The van der Waals surface area contributed by atoms with Gasteiger partial charge in [-0.15, -0.1) is 0 Å². The van der Waals surface area contributed by atoms with Gasteiger partial charge in [0.2, 0.25) is 0 Å². The van der Waals surface area contributed by atoms with Crippen LogP contribution in [0.5, 0.6) is 5.75 Å². The van der Waals surface area contributed by atoms with E-state index >= 15 is 0 Å². The molecule has 5 nitrogen and oxygen atoms in total. The van der Waals surface area contributed by atoms with Crippen LogP contribution in [0.2, 0.25) is 0 Å². The highest BCUT2D eigenvalue weighted by Crippen LogP contribution is 2.48. The summed E-state index contributed by atoms with van der Waals surface area (Å²) in [6, 6.07) is 13.1. The number of carbonyl (C=O) groups excluding carboxylic acids is 1. The van der Waals surface area contributed by atoms with Gasteiger partial charge in [0.15, 0.2) is 0 Å². The number of hydrogen-bond acceptors (Lipinski definition) is 4. The van der Waals surface area contributed by atoms with Crippen molar-refractivity contribution in [3.05, 3.63) is 65.0 Å². The van der Waals surface area contributed by atoms with E-state index in [1.807, 2.05) is 17.4 Å². The van der Waals surface area contributed by atoms with E-state index < -0.39 is 6.09 Å². The van der Waals surface area contributed by atoms with Gasteiger partial charge in [0, 0.05) is 24.6 Å². The Labute approximate surface area is 164 Å². The molecule has 4 rings (SSSR count). The van der Waals surface area contributed by atoms with E-state index in [1.165, 1.54) is 17.2 Å². The Balaban J connectivity index is 0.000000330. The zero-order chi connectivity index (χ0) is 20.1. The van der Waals surface area contributed by atoms with Crippen molar-refractivity contribution in [2.24, 2.45) is 5.92 Å². The van der Waals surface area contributed by atoms with Gasteiger partial charge in [-0.25, -0.2) is 4.39 Å². The summed E-state index contributed by atoms with van der Waals surface area (Å²) >= 11 is 0. The minimum absolute atomic E-state index is 0.211. The fourth-order valence-corrected chi connectivity index (χ4v) is 4.09. The molecular weight excluding hydrogens is 359 g/mol. The van der Waals surface area contributed by atoms with Crippen LogP contribution < -0.4 is 20.5 Å². The molecule has 0 aromatic heterocycles. The van der Waals surface area contributed by atoms with E-state index in [0.29, 0.717) is 29.9 Å². The van der Waals surface area contributed by atoms with Crippen LogP contribution >= 0.6 is 0 Å². The van der Waals surface area contributed by atoms with Crippen LogP contribution in [0, 0.1) is 11.7 Å². The number of rotatable bonds is 4. The van der Waals surface area contributed by atoms with Gasteiger partial charge in [-0.1, -0.05) is 31.2 Å². The SMILES string of the molecule is CC1c2ccc(OCc3ccccc3F)cc2C2CNCC12.CCNC(=O)[O-]. The van der Waals surface area contributed by atoms with Gasteiger partial charge in [0.05, 0.1) is 0 Å². The molecule has 3 atom stereocenters. The molecule has 1 aliphatic carbocycles. The zero-order valence-corrected chi connectivity index (χ0v) is 16.2. The van der Waals surface area contributed by atoms with Crippen molar-refractivity contribution in [3.8, 4) is 5.75 Å². The average Bonchev–Trinajstić information content (AvgIpc) is 3.25. The molecule has 0 spiro atoms. The molecule has 0 radical (unpaired) electrons. The first-order valence-corrected chi connectivity index (χ1v) is 9.66. The number of ether oxygens (including phenoxy) is 1. The molecule has 2 N–H and O–H groups in total. The molecule has 1 aliphatic heterocycles. The van der Waals surface area contributed by atoms with Crippen molar-refractivity contribution in [2.75, 3.05) is 19.6 Å². The Morgan fingerprint density at radius 3 is 2.71 bits per heavy atom. The number of halogens is 1. The van der Waals surface area contributed by atoms with E-state index in [-0.39, 0.29) is 12.4 Å². The summed E-state index contributed by atoms with van der Waals surface area (Å²) in [5, 5.41) is 14.9. The Hall–Kier alpha value is -2.60. The summed E-state index contributed by atoms with van der Waals surface area (Å²) in [5.41, 5.74) is 3.46. The lowest BCUT2D eigenvalue weighted by molar-refractivity contribution is -0.250. The lowest BCUT2D eigenvalue weighted by atomic mass is 9.91. The molecule has 0 saturated carbocycles. The summed E-state index contributed by atoms with van der Waals surface area (Å²) in [4.78, 5) is 9.38. The third kappa shape index (κ3) is 4.44. The first-order chi connectivity index (χ1) is 13.5. The van der Waals surface area contributed by atoms with E-state index in [2.05, 4.69) is 24.4 Å². The van der Waals surface area contributed by atoms with E-state index in [9.17, 15) is 14.3 Å². The Kier molecular flexibility index (Phi) is 6.52. The highest BCUT2D eigenvalue weighted by molar-refractivity contribution is 5.61. The predicted octanol–water partition coefficient (Wildman–Crippen LogP) is 2.76. The van der Waals surface area contributed by atoms with Crippen molar-refractivity contribution < 1.29 is 19.0 Å². The first-order valence-electron chi connectivity index (χ1n) is 9.66. The molecular formula is C22H26FN2O3-. The quantitative estimate of drug-likeness (QED) is 0.849. The lowest BCUT2D eigenvalue weighted by Crippen LogP contribution is -2.35. The van der Waals surface area contributed by atoms with Crippen LogP contribution in [0.1, 0.15) is 42.4 Å². The van der Waals surface area contributed by atoms with Crippen LogP contribution in [-0.4, -0.2) is 25.7 Å². The molecule has 2 aromatic carbocycles. The lowest BCUT2D eigenvalue weighted by Gasteiger charge is -2.12. The van der Waals surface area contributed by atoms with E-state index in [1.54, 1.807) is 19.1 Å². The van der Waals surface area contributed by atoms with Gasteiger partial charge in [-0.2, -0.15) is 0 Å². The molecule has 0 bridgehead atoms. The smallest absolute Gasteiger partial charge is 0.134 e. The van der Waals surface area contributed by atoms with Crippen molar-refractivity contribution in [3.63, 3.8) is 0 Å². The summed E-state index contributed by atoms with van der Waals surface area (Å²) in [7, 11) is 0. The maximum Gasteiger partial charge on any atom is 0.134 e. The third-order valence-corrected chi connectivity index (χ3v) is 5.52. The topological polar surface area (TPSA) is 73.4 Å². The summed E-state index contributed by atoms with van der Waals surface area (Å²) in [6.45, 7) is 6.85. The van der Waals surface area contributed by atoms with Crippen molar-refractivity contribution >= 4 is 6.09 Å². The standard InChI is InChI=1S/C19H20FNO.C3H7NO2/c1-12-15-7-6-14(8-16(15)18-10-21-9-17(12)18)22-11-13-4-2-3-5-19(13)20;1-2-4-3(5)6/h2-8,12,17-18,21H,9-11H2,1H3;4H,2H2,1H3,(H,5,6)/p-1. The first kappa shape index (κ1) is 20.1. The van der Waals surface area contributed by atoms with Gasteiger partial charge < -0.3 is 25.3 Å².